The fourth-order valence-electron chi connectivity index (χ4n) is 0.919. The maximum Gasteiger partial charge on any atom is 0.156 e. The second-order valence-electron chi connectivity index (χ2n) is 2.27. The first-order valence-corrected chi connectivity index (χ1v) is 3.32. The second-order valence-corrected chi connectivity index (χ2v) is 2.27. The van der Waals surface area contributed by atoms with E-state index in [2.05, 4.69) is 5.32 Å². The molecule has 0 spiro atoms. The molecule has 0 aliphatic carbocycles. The maximum absolute atomic E-state index is 8.45. The van der Waals surface area contributed by atoms with Gasteiger partial charge in [-0.1, -0.05) is 0 Å². The normalized spacial score (nSPS) is 33.2. The minimum Gasteiger partial charge on any atom is -0.356 e. The van der Waals surface area contributed by atoms with Crippen LogP contribution in [0.25, 0.3) is 0 Å². The molecule has 4 nitrogen and oxygen atoms in total. The second kappa shape index (κ2) is 3.52. The quantitative estimate of drug-likeness (QED) is 0.482. The van der Waals surface area contributed by atoms with E-state index in [1.54, 1.807) is 0 Å². The third kappa shape index (κ3) is 1.67. The molecule has 0 aromatic carbocycles. The van der Waals surface area contributed by atoms with Crippen molar-refractivity contribution in [3.8, 4) is 6.07 Å². The van der Waals surface area contributed by atoms with Crippen molar-refractivity contribution in [1.82, 2.24) is 5.32 Å². The van der Waals surface area contributed by atoms with Crippen molar-refractivity contribution < 1.29 is 4.74 Å². The number of nitriles is 1. The van der Waals surface area contributed by atoms with Crippen LogP contribution < -0.4 is 11.1 Å². The molecule has 56 valence electrons. The van der Waals surface area contributed by atoms with E-state index < -0.39 is 0 Å². The Balaban J connectivity index is 2.33. The van der Waals surface area contributed by atoms with Gasteiger partial charge in [0.1, 0.15) is 0 Å². The summed E-state index contributed by atoms with van der Waals surface area (Å²) in [6, 6.07) is 2.03. The standard InChI is InChI=1S/C6H11N3O/c7-1-5-3-9-4-6(2-8)10-5/h5-6,9H,1,3-4,7H2. The van der Waals surface area contributed by atoms with Crippen molar-refractivity contribution in [3.63, 3.8) is 0 Å². The van der Waals surface area contributed by atoms with Crippen LogP contribution in [0, 0.1) is 11.3 Å². The lowest BCUT2D eigenvalue weighted by atomic mass is 10.2. The summed E-state index contributed by atoms with van der Waals surface area (Å²) in [7, 11) is 0. The van der Waals surface area contributed by atoms with E-state index in [0.717, 1.165) is 6.54 Å². The highest BCUT2D eigenvalue weighted by Crippen LogP contribution is 2.00. The summed E-state index contributed by atoms with van der Waals surface area (Å²) in [6.07, 6.45) is -0.305. The Bertz CT molecular complexity index is 142. The van der Waals surface area contributed by atoms with Gasteiger partial charge in [-0.15, -0.1) is 0 Å². The number of rotatable bonds is 1. The summed E-state index contributed by atoms with van der Waals surface area (Å²) in [5.74, 6) is 0. The summed E-state index contributed by atoms with van der Waals surface area (Å²) < 4.78 is 5.24. The SMILES string of the molecule is N#CC1CNCC(CN)O1. The molecule has 1 fully saturated rings. The third-order valence-corrected chi connectivity index (χ3v) is 1.47. The molecular weight excluding hydrogens is 130 g/mol. The summed E-state index contributed by atoms with van der Waals surface area (Å²) in [4.78, 5) is 0. The van der Waals surface area contributed by atoms with E-state index in [1.807, 2.05) is 6.07 Å². The van der Waals surface area contributed by atoms with Crippen LogP contribution in [0.3, 0.4) is 0 Å². The number of hydrogen-bond donors (Lipinski definition) is 2. The van der Waals surface area contributed by atoms with E-state index in [0.29, 0.717) is 13.1 Å². The molecule has 3 N–H and O–H groups in total. The molecule has 1 heterocycles. The molecule has 1 saturated heterocycles. The van der Waals surface area contributed by atoms with Gasteiger partial charge in [-0.25, -0.2) is 0 Å². The molecule has 0 saturated carbocycles. The molecule has 10 heavy (non-hydrogen) atoms. The number of hydrogen-bond acceptors (Lipinski definition) is 4. The van der Waals surface area contributed by atoms with E-state index in [9.17, 15) is 0 Å². The Labute approximate surface area is 60.0 Å². The fraction of sp³-hybridized carbons (Fsp3) is 0.833. The highest BCUT2D eigenvalue weighted by atomic mass is 16.5. The number of morpholine rings is 1. The Morgan fingerprint density at radius 2 is 2.50 bits per heavy atom. The van der Waals surface area contributed by atoms with Crippen molar-refractivity contribution in [2.45, 2.75) is 12.2 Å². The number of nitrogens with two attached hydrogens (primary N) is 1. The molecule has 0 bridgehead atoms. The summed E-state index contributed by atoms with van der Waals surface area (Å²) >= 11 is 0. The van der Waals surface area contributed by atoms with Crippen molar-refractivity contribution in [2.75, 3.05) is 19.6 Å². The molecule has 1 aliphatic heterocycles. The van der Waals surface area contributed by atoms with Crippen LogP contribution in [-0.2, 0) is 4.74 Å². The molecule has 1 rings (SSSR count). The molecule has 1 aliphatic rings. The molecule has 2 atom stereocenters. The minimum absolute atomic E-state index is 0.0124. The largest absolute Gasteiger partial charge is 0.356 e. The zero-order valence-corrected chi connectivity index (χ0v) is 5.71. The van der Waals surface area contributed by atoms with Crippen molar-refractivity contribution >= 4 is 0 Å². The zero-order chi connectivity index (χ0) is 7.40. The van der Waals surface area contributed by atoms with Crippen LogP contribution in [0.1, 0.15) is 0 Å². The molecule has 4 heteroatoms. The van der Waals surface area contributed by atoms with Gasteiger partial charge in [0.25, 0.3) is 0 Å². The average molecular weight is 141 g/mol. The Hall–Kier alpha value is -0.630. The van der Waals surface area contributed by atoms with Gasteiger partial charge in [0.2, 0.25) is 0 Å². The van der Waals surface area contributed by atoms with Gasteiger partial charge in [-0.05, 0) is 0 Å². The Kier molecular flexibility index (Phi) is 2.63. The van der Waals surface area contributed by atoms with Gasteiger partial charge < -0.3 is 15.8 Å². The van der Waals surface area contributed by atoms with Gasteiger partial charge in [-0.2, -0.15) is 5.26 Å². The summed E-state index contributed by atoms with van der Waals surface area (Å²) in [5.41, 5.74) is 5.35. The molecule has 0 amide bonds. The summed E-state index contributed by atoms with van der Waals surface area (Å²) in [5, 5.41) is 11.5. The van der Waals surface area contributed by atoms with Crippen LogP contribution in [0.5, 0.6) is 0 Å². The topological polar surface area (TPSA) is 71.1 Å². The smallest absolute Gasteiger partial charge is 0.156 e. The predicted octanol–water partition coefficient (Wildman–Crippen LogP) is -1.17. The highest BCUT2D eigenvalue weighted by molar-refractivity contribution is 4.90. The monoisotopic (exact) mass is 141 g/mol. The maximum atomic E-state index is 8.45. The third-order valence-electron chi connectivity index (χ3n) is 1.47. The molecule has 2 unspecified atom stereocenters. The molecule has 0 radical (unpaired) electrons. The van der Waals surface area contributed by atoms with E-state index >= 15 is 0 Å². The predicted molar refractivity (Wildman–Crippen MR) is 36.2 cm³/mol. The van der Waals surface area contributed by atoms with Crippen LogP contribution in [0.15, 0.2) is 0 Å². The van der Waals surface area contributed by atoms with E-state index in [4.69, 9.17) is 15.7 Å². The zero-order valence-electron chi connectivity index (χ0n) is 5.71. The van der Waals surface area contributed by atoms with Gasteiger partial charge in [0.15, 0.2) is 6.10 Å². The first-order chi connectivity index (χ1) is 4.86. The van der Waals surface area contributed by atoms with E-state index in [1.165, 1.54) is 0 Å². The van der Waals surface area contributed by atoms with Crippen molar-refractivity contribution in [1.29, 1.82) is 5.26 Å². The lowest BCUT2D eigenvalue weighted by molar-refractivity contribution is -0.00296. The van der Waals surface area contributed by atoms with Gasteiger partial charge >= 0.3 is 0 Å². The molecule has 0 aromatic heterocycles. The minimum atomic E-state index is -0.317. The van der Waals surface area contributed by atoms with Crippen molar-refractivity contribution in [3.05, 3.63) is 0 Å². The highest BCUT2D eigenvalue weighted by Gasteiger charge is 2.19. The van der Waals surface area contributed by atoms with Crippen LogP contribution in [0.4, 0.5) is 0 Å². The van der Waals surface area contributed by atoms with Gasteiger partial charge in [0.05, 0.1) is 12.2 Å². The number of ether oxygens (including phenoxy) is 1. The first kappa shape index (κ1) is 7.48. The van der Waals surface area contributed by atoms with Crippen molar-refractivity contribution in [2.24, 2.45) is 5.73 Å². The lowest BCUT2D eigenvalue weighted by Crippen LogP contribution is -2.47. The lowest BCUT2D eigenvalue weighted by Gasteiger charge is -2.25. The van der Waals surface area contributed by atoms with Gasteiger partial charge in [-0.3, -0.25) is 0 Å². The fourth-order valence-corrected chi connectivity index (χ4v) is 0.919. The first-order valence-electron chi connectivity index (χ1n) is 3.32. The Morgan fingerprint density at radius 1 is 1.70 bits per heavy atom. The van der Waals surface area contributed by atoms with Crippen LogP contribution in [0.2, 0.25) is 0 Å². The average Bonchev–Trinajstić information content (AvgIpc) is 2.05. The number of nitrogens with zero attached hydrogens (tertiary/aromatic N) is 1. The number of nitrogens with one attached hydrogen (secondary N) is 1. The van der Waals surface area contributed by atoms with Crippen LogP contribution in [-0.4, -0.2) is 31.8 Å². The van der Waals surface area contributed by atoms with Gasteiger partial charge in [0, 0.05) is 19.6 Å². The van der Waals surface area contributed by atoms with E-state index in [-0.39, 0.29) is 12.2 Å². The summed E-state index contributed by atoms with van der Waals surface area (Å²) in [6.45, 7) is 1.85. The van der Waals surface area contributed by atoms with Crippen LogP contribution >= 0.6 is 0 Å². The Morgan fingerprint density at radius 3 is 3.10 bits per heavy atom. The molecule has 0 aromatic rings. The molecular formula is C6H11N3O.